The zero-order chi connectivity index (χ0) is 32.3. The number of hydrogen-bond acceptors (Lipinski definition) is 1. The van der Waals surface area contributed by atoms with Gasteiger partial charge in [-0.1, -0.05) is 146 Å². The molecule has 0 saturated carbocycles. The third-order valence-corrected chi connectivity index (χ3v) is 10.1. The van der Waals surface area contributed by atoms with Crippen LogP contribution in [0.4, 0.5) is 0 Å². The van der Waals surface area contributed by atoms with Crippen molar-refractivity contribution in [1.29, 1.82) is 0 Å². The highest BCUT2D eigenvalue weighted by Gasteiger charge is 2.17. The van der Waals surface area contributed by atoms with E-state index in [-0.39, 0.29) is 0 Å². The van der Waals surface area contributed by atoms with Gasteiger partial charge in [-0.05, 0) is 105 Å². The van der Waals surface area contributed by atoms with Crippen LogP contribution in [0.15, 0.2) is 176 Å². The van der Waals surface area contributed by atoms with Crippen molar-refractivity contribution in [3.05, 3.63) is 176 Å². The Bertz CT molecular complexity index is 2810. The van der Waals surface area contributed by atoms with Gasteiger partial charge in [-0.15, -0.1) is 0 Å². The summed E-state index contributed by atoms with van der Waals surface area (Å²) < 4.78 is 0. The van der Waals surface area contributed by atoms with Gasteiger partial charge in [0, 0.05) is 18.0 Å². The maximum atomic E-state index is 4.58. The maximum absolute atomic E-state index is 4.58. The van der Waals surface area contributed by atoms with Crippen molar-refractivity contribution < 1.29 is 0 Å². The largest absolute Gasteiger partial charge is 0.345 e. The Morgan fingerprint density at radius 1 is 0.347 bits per heavy atom. The lowest BCUT2D eigenvalue weighted by Crippen LogP contribution is -1.91. The summed E-state index contributed by atoms with van der Waals surface area (Å²) in [5, 5.41) is 12.5. The van der Waals surface area contributed by atoms with Crippen LogP contribution < -0.4 is 0 Å². The predicted molar refractivity (Wildman–Crippen MR) is 208 cm³/mol. The molecule has 0 spiro atoms. The van der Waals surface area contributed by atoms with Crippen LogP contribution in [-0.4, -0.2) is 9.97 Å². The van der Waals surface area contributed by atoms with Crippen LogP contribution in [-0.2, 0) is 0 Å². The summed E-state index contributed by atoms with van der Waals surface area (Å²) in [6.45, 7) is 0. The second-order valence-electron chi connectivity index (χ2n) is 12.8. The molecule has 10 aromatic rings. The number of aromatic amines is 1. The Morgan fingerprint density at radius 2 is 0.878 bits per heavy atom. The van der Waals surface area contributed by atoms with E-state index in [2.05, 4.69) is 174 Å². The molecule has 0 amide bonds. The minimum atomic E-state index is 0.888. The van der Waals surface area contributed by atoms with Crippen molar-refractivity contribution in [3.63, 3.8) is 0 Å². The summed E-state index contributed by atoms with van der Waals surface area (Å²) in [5.41, 5.74) is 8.53. The van der Waals surface area contributed by atoms with E-state index in [1.54, 1.807) is 0 Å². The van der Waals surface area contributed by atoms with E-state index < -0.39 is 0 Å². The number of fused-ring (bicyclic) bond motifs is 6. The molecule has 1 heterocycles. The third kappa shape index (κ3) is 4.46. The van der Waals surface area contributed by atoms with Crippen molar-refractivity contribution in [1.82, 2.24) is 9.97 Å². The van der Waals surface area contributed by atoms with E-state index in [4.69, 9.17) is 0 Å². The molecule has 1 aromatic heterocycles. The monoisotopic (exact) mass is 622 g/mol. The number of benzene rings is 9. The molecule has 2 heteroatoms. The van der Waals surface area contributed by atoms with Gasteiger partial charge in [0.15, 0.2) is 0 Å². The van der Waals surface area contributed by atoms with E-state index in [1.165, 1.54) is 87.2 Å². The van der Waals surface area contributed by atoms with Gasteiger partial charge in [0.25, 0.3) is 0 Å². The molecule has 2 nitrogen and oxygen atoms in total. The fourth-order valence-electron chi connectivity index (χ4n) is 7.83. The van der Waals surface area contributed by atoms with E-state index in [0.29, 0.717) is 0 Å². The number of aromatic nitrogens is 2. The molecule has 0 aliphatic rings. The highest BCUT2D eigenvalue weighted by atomic mass is 14.9. The van der Waals surface area contributed by atoms with Crippen molar-refractivity contribution >= 4 is 53.9 Å². The van der Waals surface area contributed by atoms with Crippen molar-refractivity contribution in [3.8, 4) is 44.8 Å². The number of nitrogens with zero attached hydrogens (tertiary/aromatic N) is 1. The first-order valence-corrected chi connectivity index (χ1v) is 16.8. The quantitative estimate of drug-likeness (QED) is 0.154. The van der Waals surface area contributed by atoms with E-state index in [0.717, 1.165) is 11.4 Å². The van der Waals surface area contributed by atoms with Gasteiger partial charge in [-0.25, -0.2) is 4.98 Å². The maximum Gasteiger partial charge on any atom is 0.137 e. The van der Waals surface area contributed by atoms with Crippen molar-refractivity contribution in [2.75, 3.05) is 0 Å². The van der Waals surface area contributed by atoms with Gasteiger partial charge in [0.1, 0.15) is 5.82 Å². The number of hydrogen-bond donors (Lipinski definition) is 1. The van der Waals surface area contributed by atoms with Crippen LogP contribution in [0.1, 0.15) is 0 Å². The van der Waals surface area contributed by atoms with Crippen molar-refractivity contribution in [2.24, 2.45) is 0 Å². The van der Waals surface area contributed by atoms with E-state index in [9.17, 15) is 0 Å². The number of H-pyrrole nitrogens is 1. The zero-order valence-electron chi connectivity index (χ0n) is 26.7. The molecule has 0 saturated heterocycles. The predicted octanol–water partition coefficient (Wildman–Crippen LogP) is 12.8. The molecule has 0 unspecified atom stereocenters. The molecule has 0 fully saturated rings. The summed E-state index contributed by atoms with van der Waals surface area (Å²) in [6.07, 6.45) is 3.70. The lowest BCUT2D eigenvalue weighted by molar-refractivity contribution is 1.32. The SMILES string of the molecule is c1ccc2cc(-c3c4ccccc4c(-c4ccc(-c5ccc6c(c5)cc(-c5ncc[nH]5)c5ccccc56)cc4)c4ccccc34)ccc2c1. The van der Waals surface area contributed by atoms with Crippen molar-refractivity contribution in [2.45, 2.75) is 0 Å². The zero-order valence-corrected chi connectivity index (χ0v) is 26.7. The van der Waals surface area contributed by atoms with Crippen LogP contribution >= 0.6 is 0 Å². The first-order chi connectivity index (χ1) is 24.3. The Labute approximate surface area is 283 Å². The molecule has 10 rings (SSSR count). The Morgan fingerprint density at radius 3 is 1.55 bits per heavy atom. The molecule has 228 valence electrons. The van der Waals surface area contributed by atoms with Crippen LogP contribution in [0.25, 0.3) is 98.6 Å². The topological polar surface area (TPSA) is 28.7 Å². The number of rotatable bonds is 4. The fraction of sp³-hybridized carbons (Fsp3) is 0. The van der Waals surface area contributed by atoms with Crippen LogP contribution in [0.2, 0.25) is 0 Å². The second kappa shape index (κ2) is 11.0. The van der Waals surface area contributed by atoms with Crippen LogP contribution in [0.5, 0.6) is 0 Å². The van der Waals surface area contributed by atoms with E-state index >= 15 is 0 Å². The number of nitrogens with one attached hydrogen (secondary N) is 1. The third-order valence-electron chi connectivity index (χ3n) is 10.1. The Balaban J connectivity index is 1.12. The van der Waals surface area contributed by atoms with Gasteiger partial charge < -0.3 is 4.98 Å². The molecule has 0 bridgehead atoms. The minimum Gasteiger partial charge on any atom is -0.345 e. The second-order valence-corrected chi connectivity index (χ2v) is 12.8. The van der Waals surface area contributed by atoms with Gasteiger partial charge in [-0.3, -0.25) is 0 Å². The first-order valence-electron chi connectivity index (χ1n) is 16.8. The molecule has 0 aliphatic carbocycles. The van der Waals surface area contributed by atoms with Gasteiger partial charge in [0.05, 0.1) is 0 Å². The van der Waals surface area contributed by atoms with Crippen LogP contribution in [0, 0.1) is 0 Å². The average Bonchev–Trinajstić information content (AvgIpc) is 3.71. The first kappa shape index (κ1) is 27.6. The Kier molecular flexibility index (Phi) is 6.22. The van der Waals surface area contributed by atoms with Gasteiger partial charge in [-0.2, -0.15) is 0 Å². The van der Waals surface area contributed by atoms with E-state index in [1.807, 2.05) is 12.4 Å². The molecule has 0 aliphatic heterocycles. The standard InChI is InChI=1S/C47H30N2/c1-2-10-33-27-35(22-19-30(33)9-1)46-42-15-7-5-13-40(42)45(41-14-6-8-16-43(41)46)32-20-17-31(18-21-32)34-23-24-37-36(28-34)29-44(47-48-25-26-49-47)39-12-4-3-11-38(37)39/h1-29H,(H,48,49). The lowest BCUT2D eigenvalue weighted by atomic mass is 9.85. The van der Waals surface area contributed by atoms with Crippen LogP contribution in [0.3, 0.4) is 0 Å². The summed E-state index contributed by atoms with van der Waals surface area (Å²) in [6, 6.07) is 60.0. The summed E-state index contributed by atoms with van der Waals surface area (Å²) in [7, 11) is 0. The summed E-state index contributed by atoms with van der Waals surface area (Å²) >= 11 is 0. The summed E-state index contributed by atoms with van der Waals surface area (Å²) in [4.78, 5) is 7.90. The van der Waals surface area contributed by atoms with Gasteiger partial charge in [0.2, 0.25) is 0 Å². The normalized spacial score (nSPS) is 11.7. The smallest absolute Gasteiger partial charge is 0.137 e. The highest BCUT2D eigenvalue weighted by Crippen LogP contribution is 2.44. The molecule has 49 heavy (non-hydrogen) atoms. The van der Waals surface area contributed by atoms with Gasteiger partial charge >= 0.3 is 0 Å². The fourth-order valence-corrected chi connectivity index (χ4v) is 7.83. The minimum absolute atomic E-state index is 0.888. The molecule has 0 radical (unpaired) electrons. The molecule has 0 atom stereocenters. The summed E-state index contributed by atoms with van der Waals surface area (Å²) in [5.74, 6) is 0.888. The molecular formula is C47H30N2. The molecule has 1 N–H and O–H groups in total. The average molecular weight is 623 g/mol. The molecule has 9 aromatic carbocycles. The Hall–Kier alpha value is -6.51. The lowest BCUT2D eigenvalue weighted by Gasteiger charge is -2.18. The number of imidazole rings is 1. The highest BCUT2D eigenvalue weighted by molar-refractivity contribution is 6.22. The molecular weight excluding hydrogens is 593 g/mol.